The highest BCUT2D eigenvalue weighted by atomic mass is 32.2. The molecule has 1 saturated carbocycles. The van der Waals surface area contributed by atoms with E-state index < -0.39 is 8.07 Å². The fourth-order valence-corrected chi connectivity index (χ4v) is 6.93. The summed E-state index contributed by atoms with van der Waals surface area (Å²) in [6.07, 6.45) is 17.6. The molecule has 6 rings (SSSR count). The monoisotopic (exact) mass is 603 g/mol. The van der Waals surface area contributed by atoms with Crippen molar-refractivity contribution in [3.8, 4) is 11.3 Å². The first-order valence-electron chi connectivity index (χ1n) is 14.4. The lowest BCUT2D eigenvalue weighted by atomic mass is 9.87. The van der Waals surface area contributed by atoms with E-state index in [1.807, 2.05) is 36.5 Å². The van der Waals surface area contributed by atoms with E-state index in [-0.39, 0.29) is 0 Å². The molecule has 5 heterocycles. The second-order valence-electron chi connectivity index (χ2n) is 12.0. The Bertz CT molecular complexity index is 1570. The number of hydrogen-bond donors (Lipinski definition) is 2. The van der Waals surface area contributed by atoms with Crippen LogP contribution < -0.4 is 5.32 Å². The average molecular weight is 604 g/mol. The van der Waals surface area contributed by atoms with Gasteiger partial charge in [-0.25, -0.2) is 19.9 Å². The zero-order valence-corrected chi connectivity index (χ0v) is 26.1. The van der Waals surface area contributed by atoms with E-state index in [9.17, 15) is 0 Å². The van der Waals surface area contributed by atoms with Crippen LogP contribution in [0.4, 0.5) is 11.9 Å². The second-order valence-corrected chi connectivity index (χ2v) is 18.7. The summed E-state index contributed by atoms with van der Waals surface area (Å²) in [6, 6.07) is 3.64. The Balaban J connectivity index is 1.01. The van der Waals surface area contributed by atoms with Gasteiger partial charge in [0, 0.05) is 61.1 Å². The third-order valence-corrected chi connectivity index (χ3v) is 10.5. The number of aromatic amines is 1. The van der Waals surface area contributed by atoms with E-state index in [0.29, 0.717) is 30.6 Å². The van der Waals surface area contributed by atoms with E-state index in [0.717, 1.165) is 58.4 Å². The predicted octanol–water partition coefficient (Wildman–Crippen LogP) is 5.78. The quantitative estimate of drug-likeness (QED) is 0.102. The smallest absolute Gasteiger partial charge is 0.229 e. The molecule has 0 spiro atoms. The third kappa shape index (κ3) is 7.05. The maximum absolute atomic E-state index is 5.97. The number of rotatable bonds is 12. The second kappa shape index (κ2) is 12.7. The highest BCUT2D eigenvalue weighted by Gasteiger charge is 2.24. The maximum atomic E-state index is 5.97. The Labute approximate surface area is 250 Å². The molecule has 220 valence electrons. The van der Waals surface area contributed by atoms with Crippen LogP contribution in [-0.2, 0) is 11.5 Å². The molecule has 0 aliphatic heterocycles. The molecular weight excluding hydrogens is 567 g/mol. The van der Waals surface area contributed by atoms with Gasteiger partial charge in [-0.3, -0.25) is 10.00 Å². The number of fused-ring (bicyclic) bond motifs is 1. The number of nitrogens with zero attached hydrogens (tertiary/aromatic N) is 9. The molecule has 0 saturated heterocycles. The number of thioether (sulfide) groups is 1. The van der Waals surface area contributed by atoms with Gasteiger partial charge in [-0.1, -0.05) is 19.6 Å². The molecule has 1 aliphatic carbocycles. The maximum Gasteiger partial charge on any atom is 0.229 e. The molecule has 1 fully saturated rings. The molecule has 0 radical (unpaired) electrons. The number of ether oxygens (including phenoxy) is 1. The van der Waals surface area contributed by atoms with Gasteiger partial charge in [0.1, 0.15) is 25.0 Å². The molecule has 0 bridgehead atoms. The lowest BCUT2D eigenvalue weighted by Crippen LogP contribution is -2.22. The average Bonchev–Trinajstić information content (AvgIpc) is 3.77. The molecule has 12 nitrogen and oxygen atoms in total. The number of hydrogen-bond acceptors (Lipinski definition) is 10. The summed E-state index contributed by atoms with van der Waals surface area (Å²) in [4.78, 5) is 21.9. The Morgan fingerprint density at radius 1 is 1.07 bits per heavy atom. The van der Waals surface area contributed by atoms with Gasteiger partial charge >= 0.3 is 0 Å². The first-order chi connectivity index (χ1) is 20.4. The fourth-order valence-electron chi connectivity index (χ4n) is 5.16. The molecule has 1 aliphatic rings. The number of aromatic nitrogens is 10. The van der Waals surface area contributed by atoms with Gasteiger partial charge in [0.15, 0.2) is 0 Å². The highest BCUT2D eigenvalue weighted by molar-refractivity contribution is 7.99. The SMILES string of the molecule is C[Si](C)(C)CCOCn1ccc2c(-c3cnn([C@H]4CC[C@@H](CSc5cnc(Nc6nnc[nH]6)nc5)CC4)c3)ncnc21. The van der Waals surface area contributed by atoms with Crippen LogP contribution in [0.1, 0.15) is 31.7 Å². The zero-order valence-electron chi connectivity index (χ0n) is 24.3. The molecule has 5 aromatic rings. The Morgan fingerprint density at radius 2 is 1.90 bits per heavy atom. The van der Waals surface area contributed by atoms with Gasteiger partial charge in [-0.2, -0.15) is 5.10 Å². The first-order valence-corrected chi connectivity index (χ1v) is 19.1. The van der Waals surface area contributed by atoms with Crippen LogP contribution in [0.25, 0.3) is 22.3 Å². The summed E-state index contributed by atoms with van der Waals surface area (Å²) < 4.78 is 10.2. The van der Waals surface area contributed by atoms with E-state index in [2.05, 4.69) is 81.6 Å². The predicted molar refractivity (Wildman–Crippen MR) is 166 cm³/mol. The van der Waals surface area contributed by atoms with Crippen LogP contribution in [0.2, 0.25) is 25.7 Å². The Kier molecular flexibility index (Phi) is 8.62. The van der Waals surface area contributed by atoms with Gasteiger partial charge in [0.25, 0.3) is 0 Å². The zero-order chi connectivity index (χ0) is 28.9. The number of H-pyrrole nitrogens is 1. The summed E-state index contributed by atoms with van der Waals surface area (Å²) >= 11 is 1.82. The lowest BCUT2D eigenvalue weighted by Gasteiger charge is -2.28. The van der Waals surface area contributed by atoms with Gasteiger partial charge < -0.3 is 14.3 Å². The van der Waals surface area contributed by atoms with Crippen LogP contribution in [0.5, 0.6) is 0 Å². The molecule has 14 heteroatoms. The molecule has 0 unspecified atom stereocenters. The minimum absolute atomic E-state index is 0.409. The van der Waals surface area contributed by atoms with Crippen molar-refractivity contribution in [2.75, 3.05) is 17.7 Å². The van der Waals surface area contributed by atoms with Crippen molar-refractivity contribution in [2.24, 2.45) is 5.92 Å². The van der Waals surface area contributed by atoms with Gasteiger partial charge in [-0.05, 0) is 43.7 Å². The van der Waals surface area contributed by atoms with Crippen molar-refractivity contribution in [3.63, 3.8) is 0 Å². The van der Waals surface area contributed by atoms with Crippen LogP contribution in [0, 0.1) is 5.92 Å². The van der Waals surface area contributed by atoms with Crippen LogP contribution in [0.15, 0.2) is 54.6 Å². The van der Waals surface area contributed by atoms with Gasteiger partial charge in [0.2, 0.25) is 11.9 Å². The summed E-state index contributed by atoms with van der Waals surface area (Å²) in [6.45, 7) is 8.38. The largest absolute Gasteiger partial charge is 0.361 e. The minimum Gasteiger partial charge on any atom is -0.361 e. The molecule has 0 atom stereocenters. The lowest BCUT2D eigenvalue weighted by molar-refractivity contribution is 0.0899. The van der Waals surface area contributed by atoms with E-state index in [4.69, 9.17) is 9.84 Å². The number of nitrogens with one attached hydrogen (secondary N) is 2. The molecule has 42 heavy (non-hydrogen) atoms. The topological polar surface area (TPSA) is 137 Å². The third-order valence-electron chi connectivity index (χ3n) is 7.61. The van der Waals surface area contributed by atoms with Gasteiger partial charge in [0.05, 0.1) is 17.9 Å². The summed E-state index contributed by atoms with van der Waals surface area (Å²) in [5, 5.41) is 16.4. The van der Waals surface area contributed by atoms with Crippen molar-refractivity contribution in [2.45, 2.75) is 69.0 Å². The first kappa shape index (κ1) is 28.5. The highest BCUT2D eigenvalue weighted by Crippen LogP contribution is 2.36. The summed E-state index contributed by atoms with van der Waals surface area (Å²) in [5.41, 5.74) is 2.84. The van der Waals surface area contributed by atoms with Crippen LogP contribution >= 0.6 is 11.8 Å². The Morgan fingerprint density at radius 3 is 2.67 bits per heavy atom. The van der Waals surface area contributed by atoms with Crippen molar-refractivity contribution in [1.82, 2.24) is 49.5 Å². The summed E-state index contributed by atoms with van der Waals surface area (Å²) in [5.74, 6) is 2.75. The van der Waals surface area contributed by atoms with E-state index in [1.54, 1.807) is 6.33 Å². The molecule has 0 amide bonds. The van der Waals surface area contributed by atoms with Crippen molar-refractivity contribution >= 4 is 42.8 Å². The van der Waals surface area contributed by atoms with Crippen LogP contribution in [0.3, 0.4) is 0 Å². The van der Waals surface area contributed by atoms with Gasteiger partial charge in [-0.15, -0.1) is 22.0 Å². The Hall–Kier alpha value is -3.62. The van der Waals surface area contributed by atoms with E-state index in [1.165, 1.54) is 19.2 Å². The molecule has 0 aromatic carbocycles. The minimum atomic E-state index is -1.11. The summed E-state index contributed by atoms with van der Waals surface area (Å²) in [7, 11) is -1.11. The van der Waals surface area contributed by atoms with Crippen molar-refractivity contribution in [3.05, 3.63) is 49.7 Å². The molecular formula is C28H37N11OSSi. The van der Waals surface area contributed by atoms with Crippen molar-refractivity contribution in [1.29, 1.82) is 0 Å². The fraction of sp³-hybridized carbons (Fsp3) is 0.464. The normalized spacial score (nSPS) is 17.6. The van der Waals surface area contributed by atoms with E-state index >= 15 is 0 Å². The number of anilines is 2. The van der Waals surface area contributed by atoms with Crippen molar-refractivity contribution < 1.29 is 4.74 Å². The molecule has 5 aromatic heterocycles. The van der Waals surface area contributed by atoms with Crippen LogP contribution in [-0.4, -0.2) is 69.9 Å². The molecule has 2 N–H and O–H groups in total. The standard InChI is InChI=1S/C28H37N11OSSi/c1-42(2,3)11-10-40-19-38-9-8-24-25(31-17-32-26(24)38)21-12-35-39(15-21)22-6-4-20(5-7-22)16-41-23-13-29-27(30-14-23)36-28-33-18-34-37-28/h8-9,12-15,17-18,20,22H,4-7,10-11,16,19H2,1-3H3,(H2,29,30,33,34,36,37)/t20-,22+.